The molecule has 0 spiro atoms. The number of hydrogen-bond acceptors (Lipinski definition) is 6. The molecule has 0 amide bonds. The summed E-state index contributed by atoms with van der Waals surface area (Å²) in [6.45, 7) is 5.12. The van der Waals surface area contributed by atoms with Crippen LogP contribution in [-0.4, -0.2) is 36.9 Å². The average Bonchev–Trinajstić information content (AvgIpc) is 2.84. The molecule has 2 aromatic carbocycles. The van der Waals surface area contributed by atoms with Crippen LogP contribution < -0.4 is 25.4 Å². The molecule has 1 fully saturated rings. The molecule has 1 N–H and O–H groups in total. The van der Waals surface area contributed by atoms with E-state index in [1.807, 2.05) is 30.3 Å². The number of nitrogens with one attached hydrogen (secondary N) is 1. The Morgan fingerprint density at radius 3 is 2.32 bits per heavy atom. The first-order valence-electron chi connectivity index (χ1n) is 11.5. The maximum Gasteiger partial charge on any atom is 0.350 e. The van der Waals surface area contributed by atoms with Crippen LogP contribution in [0.5, 0.6) is 11.5 Å². The lowest BCUT2D eigenvalue weighted by atomic mass is 9.97. The Labute approximate surface area is 206 Å². The molecule has 0 bridgehead atoms. The largest absolute Gasteiger partial charge is 0.493 e. The van der Waals surface area contributed by atoms with Crippen LogP contribution in [0.25, 0.3) is 11.3 Å². The number of rotatable bonds is 5. The third kappa shape index (κ3) is 4.57. The molecule has 2 aliphatic rings. The molecular weight excluding hydrogens is 452 g/mol. The second-order valence-corrected chi connectivity index (χ2v) is 8.92. The molecule has 2 aliphatic heterocycles. The van der Waals surface area contributed by atoms with Crippen LogP contribution in [0.4, 0.5) is 17.2 Å². The van der Waals surface area contributed by atoms with Crippen molar-refractivity contribution in [3.8, 4) is 22.8 Å². The van der Waals surface area contributed by atoms with Gasteiger partial charge in [0.1, 0.15) is 5.82 Å². The SMILES string of the molecule is COc1cc2c(cc1OC)-c1cc(Nc3ccc(N4CCC(C)CC4)cc3)nc(=O)n1CC2.Cl. The molecule has 34 heavy (non-hydrogen) atoms. The van der Waals surface area contributed by atoms with Crippen molar-refractivity contribution in [3.63, 3.8) is 0 Å². The summed E-state index contributed by atoms with van der Waals surface area (Å²) >= 11 is 0. The monoisotopic (exact) mass is 482 g/mol. The molecule has 1 aromatic heterocycles. The number of nitrogens with zero attached hydrogens (tertiary/aromatic N) is 3. The lowest BCUT2D eigenvalue weighted by Gasteiger charge is -2.32. The Bertz CT molecular complexity index is 1220. The van der Waals surface area contributed by atoms with E-state index in [0.717, 1.165) is 47.9 Å². The van der Waals surface area contributed by atoms with Gasteiger partial charge < -0.3 is 19.7 Å². The molecule has 5 rings (SSSR count). The number of hydrogen-bond donors (Lipinski definition) is 1. The van der Waals surface area contributed by atoms with Crippen molar-refractivity contribution >= 4 is 29.6 Å². The number of aromatic nitrogens is 2. The average molecular weight is 483 g/mol. The standard InChI is InChI=1S/C26H30N4O3.ClH/c1-17-8-11-29(12-9-17)20-6-4-19(5-7-20)27-25-16-22-21-15-24(33-3)23(32-2)14-18(21)10-13-30(22)26(31)28-25;/h4-7,14-17H,8-13H2,1-3H3,(H,27,28,31);1H. The maximum atomic E-state index is 12.8. The number of benzene rings is 2. The van der Waals surface area contributed by atoms with Crippen molar-refractivity contribution in [2.24, 2.45) is 5.92 Å². The summed E-state index contributed by atoms with van der Waals surface area (Å²) in [5.41, 5.74) is 4.82. The van der Waals surface area contributed by atoms with E-state index in [4.69, 9.17) is 9.47 Å². The molecule has 0 radical (unpaired) electrons. The topological polar surface area (TPSA) is 68.6 Å². The molecule has 0 atom stereocenters. The van der Waals surface area contributed by atoms with E-state index in [0.29, 0.717) is 23.9 Å². The Kier molecular flexibility index (Phi) is 7.03. The quantitative estimate of drug-likeness (QED) is 0.558. The van der Waals surface area contributed by atoms with Gasteiger partial charge in [0.25, 0.3) is 0 Å². The van der Waals surface area contributed by atoms with E-state index in [9.17, 15) is 4.79 Å². The van der Waals surface area contributed by atoms with E-state index in [2.05, 4.69) is 34.3 Å². The maximum absolute atomic E-state index is 12.8. The van der Waals surface area contributed by atoms with Gasteiger partial charge >= 0.3 is 5.69 Å². The number of methoxy groups -OCH3 is 2. The fraction of sp³-hybridized carbons (Fsp3) is 0.385. The van der Waals surface area contributed by atoms with Crippen LogP contribution in [0.2, 0.25) is 0 Å². The zero-order chi connectivity index (χ0) is 22.9. The summed E-state index contributed by atoms with van der Waals surface area (Å²) < 4.78 is 12.7. The minimum absolute atomic E-state index is 0. The summed E-state index contributed by atoms with van der Waals surface area (Å²) in [7, 11) is 3.25. The third-order valence-corrected chi connectivity index (χ3v) is 6.79. The van der Waals surface area contributed by atoms with Gasteiger partial charge in [0.05, 0.1) is 19.9 Å². The highest BCUT2D eigenvalue weighted by Crippen LogP contribution is 2.38. The lowest BCUT2D eigenvalue weighted by molar-refractivity contribution is 0.354. The van der Waals surface area contributed by atoms with Crippen LogP contribution in [0.3, 0.4) is 0 Å². The van der Waals surface area contributed by atoms with Gasteiger partial charge in [-0.25, -0.2) is 4.79 Å². The van der Waals surface area contributed by atoms with Gasteiger partial charge in [0, 0.05) is 42.6 Å². The highest BCUT2D eigenvalue weighted by molar-refractivity contribution is 5.85. The second kappa shape index (κ2) is 9.97. The summed E-state index contributed by atoms with van der Waals surface area (Å²) in [5.74, 6) is 2.69. The first kappa shape index (κ1) is 24.0. The first-order valence-corrected chi connectivity index (χ1v) is 11.5. The van der Waals surface area contributed by atoms with Crippen LogP contribution >= 0.6 is 12.4 Å². The number of halogens is 1. The second-order valence-electron chi connectivity index (χ2n) is 8.92. The van der Waals surface area contributed by atoms with Crippen LogP contribution in [-0.2, 0) is 13.0 Å². The molecule has 0 unspecified atom stereocenters. The number of fused-ring (bicyclic) bond motifs is 3. The molecule has 8 heteroatoms. The fourth-order valence-electron chi connectivity index (χ4n) is 4.78. The van der Waals surface area contributed by atoms with Crippen molar-refractivity contribution in [2.45, 2.75) is 32.7 Å². The zero-order valence-corrected chi connectivity index (χ0v) is 20.7. The fourth-order valence-corrected chi connectivity index (χ4v) is 4.78. The molecule has 0 saturated carbocycles. The van der Waals surface area contributed by atoms with Crippen LogP contribution in [0, 0.1) is 5.92 Å². The molecule has 1 saturated heterocycles. The van der Waals surface area contributed by atoms with Crippen molar-refractivity contribution in [1.29, 1.82) is 0 Å². The van der Waals surface area contributed by atoms with Gasteiger partial charge in [-0.2, -0.15) is 4.98 Å². The Morgan fingerprint density at radius 2 is 1.65 bits per heavy atom. The van der Waals surface area contributed by atoms with Gasteiger partial charge in [-0.3, -0.25) is 4.57 Å². The molecule has 0 aliphatic carbocycles. The highest BCUT2D eigenvalue weighted by atomic mass is 35.5. The van der Waals surface area contributed by atoms with Gasteiger partial charge in [-0.15, -0.1) is 12.4 Å². The van der Waals surface area contributed by atoms with Crippen molar-refractivity contribution in [3.05, 3.63) is 58.5 Å². The predicted octanol–water partition coefficient (Wildman–Crippen LogP) is 4.89. The Balaban J connectivity index is 0.00000274. The summed E-state index contributed by atoms with van der Waals surface area (Å²) in [4.78, 5) is 19.5. The van der Waals surface area contributed by atoms with Gasteiger partial charge in [-0.1, -0.05) is 6.92 Å². The van der Waals surface area contributed by atoms with Crippen LogP contribution in [0.1, 0.15) is 25.3 Å². The van der Waals surface area contributed by atoms with E-state index in [1.54, 1.807) is 18.8 Å². The van der Waals surface area contributed by atoms with Crippen LogP contribution in [0.15, 0.2) is 47.3 Å². The third-order valence-electron chi connectivity index (χ3n) is 6.79. The Hall–Kier alpha value is -3.19. The number of ether oxygens (including phenoxy) is 2. The van der Waals surface area contributed by atoms with E-state index in [1.165, 1.54) is 18.5 Å². The molecular formula is C26H31ClN4O3. The lowest BCUT2D eigenvalue weighted by Crippen LogP contribution is -2.32. The first-order chi connectivity index (χ1) is 16.1. The summed E-state index contributed by atoms with van der Waals surface area (Å²) in [5, 5.41) is 3.32. The minimum Gasteiger partial charge on any atom is -0.493 e. The normalized spacial score (nSPS) is 15.1. The highest BCUT2D eigenvalue weighted by Gasteiger charge is 2.22. The molecule has 7 nitrogen and oxygen atoms in total. The molecule has 3 aromatic rings. The number of aryl methyl sites for hydroxylation is 1. The van der Waals surface area contributed by atoms with E-state index >= 15 is 0 Å². The van der Waals surface area contributed by atoms with E-state index in [-0.39, 0.29) is 18.1 Å². The summed E-state index contributed by atoms with van der Waals surface area (Å²) in [6.07, 6.45) is 3.22. The Morgan fingerprint density at radius 1 is 0.971 bits per heavy atom. The molecule has 180 valence electrons. The number of anilines is 3. The summed E-state index contributed by atoms with van der Waals surface area (Å²) in [6, 6.07) is 14.2. The van der Waals surface area contributed by atoms with Gasteiger partial charge in [0.15, 0.2) is 11.5 Å². The smallest absolute Gasteiger partial charge is 0.350 e. The van der Waals surface area contributed by atoms with Crippen molar-refractivity contribution < 1.29 is 9.47 Å². The van der Waals surface area contributed by atoms with Crippen molar-refractivity contribution in [1.82, 2.24) is 9.55 Å². The minimum atomic E-state index is -0.255. The van der Waals surface area contributed by atoms with Gasteiger partial charge in [-0.05, 0) is 67.1 Å². The van der Waals surface area contributed by atoms with Gasteiger partial charge in [0.2, 0.25) is 0 Å². The predicted molar refractivity (Wildman–Crippen MR) is 138 cm³/mol. The van der Waals surface area contributed by atoms with E-state index < -0.39 is 0 Å². The number of piperidine rings is 1. The van der Waals surface area contributed by atoms with Crippen molar-refractivity contribution in [2.75, 3.05) is 37.5 Å². The zero-order valence-electron chi connectivity index (χ0n) is 19.8. The molecule has 3 heterocycles.